The van der Waals surface area contributed by atoms with Gasteiger partial charge in [-0.1, -0.05) is 51.1 Å². The van der Waals surface area contributed by atoms with Crippen LogP contribution in [-0.2, 0) is 21.3 Å². The van der Waals surface area contributed by atoms with Gasteiger partial charge in [0.2, 0.25) is 5.91 Å². The lowest BCUT2D eigenvalue weighted by molar-refractivity contribution is -0.124. The summed E-state index contributed by atoms with van der Waals surface area (Å²) in [4.78, 5) is 11.8. The molecule has 0 aliphatic heterocycles. The molecule has 5 heteroatoms. The third kappa shape index (κ3) is 5.84. The van der Waals surface area contributed by atoms with E-state index in [1.807, 2.05) is 51.1 Å². The minimum absolute atomic E-state index is 0.186. The highest BCUT2D eigenvalue weighted by atomic mass is 32.2. The van der Waals surface area contributed by atoms with Crippen LogP contribution in [-0.4, -0.2) is 28.5 Å². The highest BCUT2D eigenvalue weighted by molar-refractivity contribution is 7.84. The summed E-state index contributed by atoms with van der Waals surface area (Å²) in [6.07, 6.45) is 0. The maximum Gasteiger partial charge on any atom is 0.237 e. The van der Waals surface area contributed by atoms with E-state index in [0.29, 0.717) is 18.1 Å². The van der Waals surface area contributed by atoms with Gasteiger partial charge < -0.3 is 11.1 Å². The van der Waals surface area contributed by atoms with Crippen LogP contribution < -0.4 is 11.1 Å². The van der Waals surface area contributed by atoms with Crippen molar-refractivity contribution in [3.8, 4) is 0 Å². The summed E-state index contributed by atoms with van der Waals surface area (Å²) >= 11 is 0. The average Bonchev–Trinajstić information content (AvgIpc) is 2.37. The molecule has 2 atom stereocenters. The van der Waals surface area contributed by atoms with Gasteiger partial charge in [0.15, 0.2) is 0 Å². The van der Waals surface area contributed by atoms with Gasteiger partial charge in [0, 0.05) is 28.9 Å². The van der Waals surface area contributed by atoms with E-state index in [-0.39, 0.29) is 11.3 Å². The molecular weight excluding hydrogens is 272 g/mol. The second-order valence-electron chi connectivity index (χ2n) is 5.91. The Bertz CT molecular complexity index is 455. The Balaban J connectivity index is 2.31. The van der Waals surface area contributed by atoms with Crippen LogP contribution in [0.2, 0.25) is 0 Å². The number of amides is 1. The van der Waals surface area contributed by atoms with Gasteiger partial charge >= 0.3 is 0 Å². The number of carbonyl (C=O) groups excluding carboxylic acids is 1. The van der Waals surface area contributed by atoms with Crippen molar-refractivity contribution < 1.29 is 9.00 Å². The van der Waals surface area contributed by atoms with E-state index in [0.717, 1.165) is 5.56 Å². The maximum absolute atomic E-state index is 11.9. The lowest BCUT2D eigenvalue weighted by atomic mass is 9.87. The molecule has 0 saturated heterocycles. The first-order chi connectivity index (χ1) is 9.30. The summed E-state index contributed by atoms with van der Waals surface area (Å²) < 4.78 is 11.9. The first-order valence-electron chi connectivity index (χ1n) is 6.73. The molecule has 1 amide bonds. The SMILES string of the molecule is CC(C)(C)[C@H](N)C(=O)NCCS(=O)Cc1ccccc1. The van der Waals surface area contributed by atoms with Crippen LogP contribution in [0.3, 0.4) is 0 Å². The van der Waals surface area contributed by atoms with Crippen molar-refractivity contribution in [3.05, 3.63) is 35.9 Å². The summed E-state index contributed by atoms with van der Waals surface area (Å²) in [6, 6.07) is 9.14. The van der Waals surface area contributed by atoms with Gasteiger partial charge in [-0.3, -0.25) is 9.00 Å². The molecule has 1 aromatic rings. The molecule has 112 valence electrons. The Hall–Kier alpha value is -1.20. The maximum atomic E-state index is 11.9. The first-order valence-corrected chi connectivity index (χ1v) is 8.21. The van der Waals surface area contributed by atoms with E-state index in [1.54, 1.807) is 0 Å². The van der Waals surface area contributed by atoms with Crippen molar-refractivity contribution in [2.24, 2.45) is 11.1 Å². The van der Waals surface area contributed by atoms with Crippen LogP contribution in [0.15, 0.2) is 30.3 Å². The van der Waals surface area contributed by atoms with Gasteiger partial charge in [0.05, 0.1) is 6.04 Å². The summed E-state index contributed by atoms with van der Waals surface area (Å²) in [7, 11) is -0.977. The smallest absolute Gasteiger partial charge is 0.237 e. The van der Waals surface area contributed by atoms with E-state index in [1.165, 1.54) is 0 Å². The number of hydrogen-bond donors (Lipinski definition) is 2. The zero-order valence-electron chi connectivity index (χ0n) is 12.4. The fourth-order valence-corrected chi connectivity index (χ4v) is 2.66. The van der Waals surface area contributed by atoms with Crippen molar-refractivity contribution in [1.29, 1.82) is 0 Å². The number of nitrogens with two attached hydrogens (primary N) is 1. The summed E-state index contributed by atoms with van der Waals surface area (Å²) in [5.74, 6) is 0.772. The van der Waals surface area contributed by atoms with E-state index < -0.39 is 16.8 Å². The van der Waals surface area contributed by atoms with Gasteiger partial charge in [-0.05, 0) is 11.0 Å². The highest BCUT2D eigenvalue weighted by Crippen LogP contribution is 2.16. The summed E-state index contributed by atoms with van der Waals surface area (Å²) in [5.41, 5.74) is 6.62. The third-order valence-electron chi connectivity index (χ3n) is 3.01. The lowest BCUT2D eigenvalue weighted by Gasteiger charge is -2.25. The van der Waals surface area contributed by atoms with Crippen molar-refractivity contribution in [2.75, 3.05) is 12.3 Å². The van der Waals surface area contributed by atoms with Crippen LogP contribution >= 0.6 is 0 Å². The van der Waals surface area contributed by atoms with Gasteiger partial charge in [-0.25, -0.2) is 0 Å². The van der Waals surface area contributed by atoms with Crippen LogP contribution in [0.4, 0.5) is 0 Å². The van der Waals surface area contributed by atoms with Gasteiger partial charge in [0.25, 0.3) is 0 Å². The molecule has 4 nitrogen and oxygen atoms in total. The van der Waals surface area contributed by atoms with Crippen LogP contribution in [0.1, 0.15) is 26.3 Å². The van der Waals surface area contributed by atoms with Crippen molar-refractivity contribution in [3.63, 3.8) is 0 Å². The highest BCUT2D eigenvalue weighted by Gasteiger charge is 2.26. The Kier molecular flexibility index (Phi) is 6.36. The van der Waals surface area contributed by atoms with E-state index in [9.17, 15) is 9.00 Å². The second-order valence-corrected chi connectivity index (χ2v) is 7.49. The van der Waals surface area contributed by atoms with Gasteiger partial charge in [0.1, 0.15) is 0 Å². The van der Waals surface area contributed by atoms with Crippen LogP contribution in [0.25, 0.3) is 0 Å². The molecule has 0 spiro atoms. The Morgan fingerprint density at radius 2 is 1.90 bits per heavy atom. The van der Waals surface area contributed by atoms with Crippen molar-refractivity contribution in [2.45, 2.75) is 32.6 Å². The van der Waals surface area contributed by atoms with Gasteiger partial charge in [-0.15, -0.1) is 0 Å². The quantitative estimate of drug-likeness (QED) is 0.834. The normalized spacial score (nSPS) is 14.6. The van der Waals surface area contributed by atoms with Crippen molar-refractivity contribution >= 4 is 16.7 Å². The topological polar surface area (TPSA) is 72.2 Å². The minimum atomic E-state index is -0.977. The summed E-state index contributed by atoms with van der Waals surface area (Å²) in [5, 5.41) is 2.75. The van der Waals surface area contributed by atoms with Crippen molar-refractivity contribution in [1.82, 2.24) is 5.32 Å². The molecule has 0 fully saturated rings. The molecular formula is C15H24N2O2S. The fourth-order valence-electron chi connectivity index (χ4n) is 1.62. The first kappa shape index (κ1) is 16.9. The molecule has 0 heterocycles. The molecule has 0 aliphatic carbocycles. The van der Waals surface area contributed by atoms with Gasteiger partial charge in [-0.2, -0.15) is 0 Å². The molecule has 3 N–H and O–H groups in total. The second kappa shape index (κ2) is 7.55. The molecule has 1 rings (SSSR count). The molecule has 0 aliphatic rings. The Morgan fingerprint density at radius 3 is 2.45 bits per heavy atom. The monoisotopic (exact) mass is 296 g/mol. The minimum Gasteiger partial charge on any atom is -0.354 e. The molecule has 0 aromatic heterocycles. The van der Waals surface area contributed by atoms with E-state index >= 15 is 0 Å². The van der Waals surface area contributed by atoms with E-state index in [2.05, 4.69) is 5.32 Å². The molecule has 0 radical (unpaired) electrons. The molecule has 1 aromatic carbocycles. The average molecular weight is 296 g/mol. The molecule has 0 saturated carbocycles. The molecule has 0 bridgehead atoms. The lowest BCUT2D eigenvalue weighted by Crippen LogP contribution is -2.49. The zero-order chi connectivity index (χ0) is 15.2. The number of benzene rings is 1. The molecule has 1 unspecified atom stereocenters. The largest absolute Gasteiger partial charge is 0.354 e. The van der Waals surface area contributed by atoms with Crippen LogP contribution in [0, 0.1) is 5.41 Å². The standard InChI is InChI=1S/C15H24N2O2S/c1-15(2,3)13(16)14(18)17-9-10-20(19)11-12-7-5-4-6-8-12/h4-8,13H,9-11,16H2,1-3H3,(H,17,18)/t13-,20?/m1/s1. The third-order valence-corrected chi connectivity index (χ3v) is 4.33. The predicted octanol–water partition coefficient (Wildman–Crippen LogP) is 1.42. The number of rotatable bonds is 6. The summed E-state index contributed by atoms with van der Waals surface area (Å²) in [6.45, 7) is 6.16. The zero-order valence-corrected chi connectivity index (χ0v) is 13.2. The van der Waals surface area contributed by atoms with E-state index in [4.69, 9.17) is 5.73 Å². The Morgan fingerprint density at radius 1 is 1.30 bits per heavy atom. The number of hydrogen-bond acceptors (Lipinski definition) is 3. The Labute approximate surface area is 123 Å². The van der Waals surface area contributed by atoms with Crippen LogP contribution in [0.5, 0.6) is 0 Å². The number of carbonyl (C=O) groups is 1. The fraction of sp³-hybridized carbons (Fsp3) is 0.533. The predicted molar refractivity (Wildman–Crippen MR) is 83.6 cm³/mol. The molecule has 20 heavy (non-hydrogen) atoms. The number of nitrogens with one attached hydrogen (secondary N) is 1.